The van der Waals surface area contributed by atoms with E-state index in [0.29, 0.717) is 0 Å². The molecule has 0 amide bonds. The minimum Gasteiger partial charge on any atom is -0.121 e. The summed E-state index contributed by atoms with van der Waals surface area (Å²) in [6.45, 7) is 2.37. The Kier molecular flexibility index (Phi) is 2.52. The number of rotatable bonds is 1. The first-order valence-corrected chi connectivity index (χ1v) is 5.17. The first-order chi connectivity index (χ1) is 6.38. The van der Waals surface area contributed by atoms with Crippen molar-refractivity contribution in [1.82, 2.24) is 0 Å². The third-order valence-electron chi connectivity index (χ3n) is 3.13. The maximum atomic E-state index is 3.19. The molecule has 2 aliphatic carbocycles. The first kappa shape index (κ1) is 8.59. The molecule has 13 heavy (non-hydrogen) atoms. The maximum Gasteiger partial charge on any atom is -0.0130 e. The second kappa shape index (κ2) is 3.81. The molecule has 2 aliphatic rings. The minimum atomic E-state index is 0.781. The molecule has 0 nitrogen and oxygen atoms in total. The van der Waals surface area contributed by atoms with Crippen LogP contribution in [-0.4, -0.2) is 0 Å². The van der Waals surface area contributed by atoms with E-state index < -0.39 is 0 Å². The molecule has 2 rings (SSSR count). The van der Waals surface area contributed by atoms with Crippen LogP contribution in [0.1, 0.15) is 26.2 Å². The van der Waals surface area contributed by atoms with Crippen LogP contribution in [0.25, 0.3) is 0 Å². The monoisotopic (exact) mass is 172 g/mol. The van der Waals surface area contributed by atoms with Crippen molar-refractivity contribution in [3.8, 4) is 0 Å². The molecule has 2 atom stereocenters. The Morgan fingerprint density at radius 2 is 2.23 bits per heavy atom. The van der Waals surface area contributed by atoms with E-state index in [1.165, 1.54) is 24.8 Å². The molecule has 0 heterocycles. The van der Waals surface area contributed by atoms with Gasteiger partial charge >= 0.3 is 0 Å². The van der Waals surface area contributed by atoms with Gasteiger partial charge in [0.25, 0.3) is 0 Å². The second-order valence-corrected chi connectivity index (χ2v) is 4.04. The third kappa shape index (κ3) is 1.84. The molecule has 0 N–H and O–H groups in total. The van der Waals surface area contributed by atoms with Crippen molar-refractivity contribution in [2.45, 2.75) is 26.2 Å². The lowest BCUT2D eigenvalue weighted by Crippen LogP contribution is -2.05. The summed E-state index contributed by atoms with van der Waals surface area (Å²) in [6.07, 6.45) is 14.7. The summed E-state index contributed by atoms with van der Waals surface area (Å²) >= 11 is 0. The van der Waals surface area contributed by atoms with E-state index in [4.69, 9.17) is 0 Å². The largest absolute Gasteiger partial charge is 0.121 e. The van der Waals surface area contributed by atoms with Gasteiger partial charge in [0.1, 0.15) is 0 Å². The number of hydrogen-bond acceptors (Lipinski definition) is 0. The highest BCUT2D eigenvalue weighted by Crippen LogP contribution is 2.36. The highest BCUT2D eigenvalue weighted by molar-refractivity contribution is 5.31. The van der Waals surface area contributed by atoms with Crippen LogP contribution in [0.3, 0.4) is 0 Å². The van der Waals surface area contributed by atoms with E-state index in [2.05, 4.69) is 30.9 Å². The topological polar surface area (TPSA) is 0 Å². The lowest BCUT2D eigenvalue weighted by molar-refractivity contribution is 0.488. The van der Waals surface area contributed by atoms with Gasteiger partial charge in [0.05, 0.1) is 0 Å². The molecule has 0 aromatic carbocycles. The highest BCUT2D eigenvalue weighted by atomic mass is 14.3. The first-order valence-electron chi connectivity index (χ1n) is 5.17. The maximum absolute atomic E-state index is 3.19. The van der Waals surface area contributed by atoms with E-state index in [1.807, 2.05) is 12.2 Å². The van der Waals surface area contributed by atoms with Crippen LogP contribution in [0.2, 0.25) is 0 Å². The Balaban J connectivity index is 2.20. The number of hydrogen-bond donors (Lipinski definition) is 0. The Morgan fingerprint density at radius 3 is 3.00 bits per heavy atom. The summed E-state index contributed by atoms with van der Waals surface area (Å²) < 4.78 is 0. The van der Waals surface area contributed by atoms with Gasteiger partial charge in [-0.1, -0.05) is 38.0 Å². The highest BCUT2D eigenvalue weighted by Gasteiger charge is 2.25. The van der Waals surface area contributed by atoms with Crippen LogP contribution in [0, 0.1) is 11.8 Å². The second-order valence-electron chi connectivity index (χ2n) is 4.04. The molecule has 1 fully saturated rings. The zero-order valence-corrected chi connectivity index (χ0v) is 8.16. The average Bonchev–Trinajstić information content (AvgIpc) is 2.43. The molecule has 1 saturated carbocycles. The molecule has 0 radical (unpaired) electrons. The third-order valence-corrected chi connectivity index (χ3v) is 3.13. The molecular weight excluding hydrogens is 156 g/mol. The van der Waals surface area contributed by atoms with Gasteiger partial charge in [-0.25, -0.2) is 0 Å². The predicted molar refractivity (Wildman–Crippen MR) is 56.4 cm³/mol. The summed E-state index contributed by atoms with van der Waals surface area (Å²) in [5.41, 5.74) is 4.66. The molecule has 0 heteroatoms. The molecular formula is C13H16. The zero-order valence-electron chi connectivity index (χ0n) is 8.16. The fourth-order valence-corrected chi connectivity index (χ4v) is 2.34. The average molecular weight is 172 g/mol. The summed E-state index contributed by atoms with van der Waals surface area (Å²) in [7, 11) is 0. The summed E-state index contributed by atoms with van der Waals surface area (Å²) in [5, 5.41) is 0. The van der Waals surface area contributed by atoms with E-state index in [9.17, 15) is 0 Å². The van der Waals surface area contributed by atoms with Gasteiger partial charge < -0.3 is 0 Å². The van der Waals surface area contributed by atoms with E-state index in [0.717, 1.165) is 11.8 Å². The number of allylic oxidation sites excluding steroid dienone is 5. The predicted octanol–water partition coefficient (Wildman–Crippen LogP) is 3.63. The zero-order chi connectivity index (χ0) is 9.10. The van der Waals surface area contributed by atoms with Gasteiger partial charge in [-0.2, -0.15) is 0 Å². The molecule has 0 aromatic rings. The molecule has 0 bridgehead atoms. The fraction of sp³-hybridized carbons (Fsp3) is 0.462. The van der Waals surface area contributed by atoms with Gasteiger partial charge in [-0.15, -0.1) is 5.73 Å². The Morgan fingerprint density at radius 1 is 1.31 bits per heavy atom. The van der Waals surface area contributed by atoms with E-state index in [-0.39, 0.29) is 0 Å². The van der Waals surface area contributed by atoms with Crippen LogP contribution >= 0.6 is 0 Å². The molecule has 2 unspecified atom stereocenters. The van der Waals surface area contributed by atoms with Gasteiger partial charge in [0, 0.05) is 0 Å². The lowest BCUT2D eigenvalue weighted by atomic mass is 9.89. The lowest BCUT2D eigenvalue weighted by Gasteiger charge is -2.15. The van der Waals surface area contributed by atoms with Crippen molar-refractivity contribution in [2.75, 3.05) is 0 Å². The summed E-state index contributed by atoms with van der Waals surface area (Å²) in [6, 6.07) is 0. The van der Waals surface area contributed by atoms with Crippen LogP contribution in [0.15, 0.2) is 41.7 Å². The van der Waals surface area contributed by atoms with Gasteiger partial charge in [-0.3, -0.25) is 0 Å². The Bertz CT molecular complexity index is 298. The van der Waals surface area contributed by atoms with Gasteiger partial charge in [0.15, 0.2) is 0 Å². The van der Waals surface area contributed by atoms with E-state index >= 15 is 0 Å². The standard InChI is InChI=1S/C13H16/c1-11-7-6-10-13(11)12-8-4-2-3-5-9-12/h2-4,8-9,11,13H,6-7,10H2,1H3. The van der Waals surface area contributed by atoms with E-state index in [1.54, 1.807) is 0 Å². The molecule has 0 aliphatic heterocycles. The molecule has 0 aromatic heterocycles. The quantitative estimate of drug-likeness (QED) is 0.530. The summed E-state index contributed by atoms with van der Waals surface area (Å²) in [4.78, 5) is 0. The van der Waals surface area contributed by atoms with Crippen molar-refractivity contribution in [2.24, 2.45) is 11.8 Å². The molecule has 0 spiro atoms. The van der Waals surface area contributed by atoms with Crippen molar-refractivity contribution < 1.29 is 0 Å². The Labute approximate surface area is 80.3 Å². The fourth-order valence-electron chi connectivity index (χ4n) is 2.34. The van der Waals surface area contributed by atoms with Crippen molar-refractivity contribution in [1.29, 1.82) is 0 Å². The van der Waals surface area contributed by atoms with Gasteiger partial charge in [-0.05, 0) is 36.0 Å². The minimum absolute atomic E-state index is 0.781. The van der Waals surface area contributed by atoms with Crippen LogP contribution < -0.4 is 0 Å². The van der Waals surface area contributed by atoms with Crippen LogP contribution in [-0.2, 0) is 0 Å². The van der Waals surface area contributed by atoms with Gasteiger partial charge in [0.2, 0.25) is 0 Å². The smallest absolute Gasteiger partial charge is 0.0130 e. The SMILES string of the molecule is CC1CCCC1C1=CC=CC=C=C1. The normalized spacial score (nSPS) is 31.9. The van der Waals surface area contributed by atoms with Crippen LogP contribution in [0.4, 0.5) is 0 Å². The molecule has 68 valence electrons. The Hall–Kier alpha value is -1.00. The summed E-state index contributed by atoms with van der Waals surface area (Å²) in [5.74, 6) is 1.64. The van der Waals surface area contributed by atoms with Crippen molar-refractivity contribution in [3.05, 3.63) is 41.7 Å². The van der Waals surface area contributed by atoms with Crippen LogP contribution in [0.5, 0.6) is 0 Å². The van der Waals surface area contributed by atoms with Crippen molar-refractivity contribution >= 4 is 0 Å². The molecule has 0 saturated heterocycles. The van der Waals surface area contributed by atoms with Crippen molar-refractivity contribution in [3.63, 3.8) is 0 Å².